The molecule has 2 saturated heterocycles. The van der Waals surface area contributed by atoms with Crippen LogP contribution in [0.4, 0.5) is 0 Å². The van der Waals surface area contributed by atoms with Gasteiger partial charge in [0.15, 0.2) is 0 Å². The molecule has 3 rings (SSSR count). The standard InChI is InChI=1S/C17H28N4O/c1-3-8-20-13-15(14(2)18-20)12-19-10-6-16(7-11-19)21-9-4-5-17(21)22/h13,16H,3-12H2,1-2H3. The molecule has 0 bridgehead atoms. The van der Waals surface area contributed by atoms with Crippen molar-refractivity contribution in [1.82, 2.24) is 19.6 Å². The van der Waals surface area contributed by atoms with Crippen LogP contribution >= 0.6 is 0 Å². The van der Waals surface area contributed by atoms with E-state index in [1.807, 2.05) is 0 Å². The van der Waals surface area contributed by atoms with E-state index in [-0.39, 0.29) is 0 Å². The Bertz CT molecular complexity index is 517. The largest absolute Gasteiger partial charge is 0.340 e. The zero-order chi connectivity index (χ0) is 15.5. The van der Waals surface area contributed by atoms with Crippen LogP contribution in [0.2, 0.25) is 0 Å². The van der Waals surface area contributed by atoms with E-state index < -0.39 is 0 Å². The average Bonchev–Trinajstić information content (AvgIpc) is 3.07. The summed E-state index contributed by atoms with van der Waals surface area (Å²) in [6.07, 6.45) is 7.37. The highest BCUT2D eigenvalue weighted by Gasteiger charge is 2.30. The van der Waals surface area contributed by atoms with E-state index in [2.05, 4.69) is 39.6 Å². The van der Waals surface area contributed by atoms with Crippen molar-refractivity contribution in [3.05, 3.63) is 17.5 Å². The number of likely N-dealkylation sites (tertiary alicyclic amines) is 2. The van der Waals surface area contributed by atoms with Crippen molar-refractivity contribution in [1.29, 1.82) is 0 Å². The van der Waals surface area contributed by atoms with E-state index in [9.17, 15) is 4.79 Å². The van der Waals surface area contributed by atoms with Crippen LogP contribution in [0.15, 0.2) is 6.20 Å². The molecule has 2 fully saturated rings. The Hall–Kier alpha value is -1.36. The number of nitrogens with zero attached hydrogens (tertiary/aromatic N) is 4. The van der Waals surface area contributed by atoms with Crippen LogP contribution in [-0.2, 0) is 17.9 Å². The lowest BCUT2D eigenvalue weighted by molar-refractivity contribution is -0.130. The lowest BCUT2D eigenvalue weighted by Gasteiger charge is -2.36. The summed E-state index contributed by atoms with van der Waals surface area (Å²) in [6.45, 7) is 9.44. The fraction of sp³-hybridized carbons (Fsp3) is 0.765. The molecule has 0 aliphatic carbocycles. The van der Waals surface area contributed by atoms with Gasteiger partial charge in [0.25, 0.3) is 0 Å². The molecule has 5 nitrogen and oxygen atoms in total. The van der Waals surface area contributed by atoms with Crippen molar-refractivity contribution < 1.29 is 4.79 Å². The number of amides is 1. The highest BCUT2D eigenvalue weighted by atomic mass is 16.2. The summed E-state index contributed by atoms with van der Waals surface area (Å²) in [4.78, 5) is 16.5. The molecule has 0 unspecified atom stereocenters. The number of hydrogen-bond acceptors (Lipinski definition) is 3. The summed E-state index contributed by atoms with van der Waals surface area (Å²) < 4.78 is 2.07. The van der Waals surface area contributed by atoms with Crippen LogP contribution in [0.25, 0.3) is 0 Å². The Labute approximate surface area is 133 Å². The molecule has 22 heavy (non-hydrogen) atoms. The molecule has 0 spiro atoms. The molecule has 0 saturated carbocycles. The Morgan fingerprint density at radius 1 is 1.27 bits per heavy atom. The quantitative estimate of drug-likeness (QED) is 0.837. The minimum absolute atomic E-state index is 0.370. The second-order valence-electron chi connectivity index (χ2n) is 6.70. The molecular formula is C17H28N4O. The summed E-state index contributed by atoms with van der Waals surface area (Å²) in [5, 5.41) is 4.59. The maximum atomic E-state index is 11.9. The molecular weight excluding hydrogens is 276 g/mol. The van der Waals surface area contributed by atoms with Gasteiger partial charge in [-0.1, -0.05) is 6.92 Å². The third-order valence-corrected chi connectivity index (χ3v) is 5.00. The molecule has 1 amide bonds. The van der Waals surface area contributed by atoms with Crippen molar-refractivity contribution in [2.75, 3.05) is 19.6 Å². The first-order valence-corrected chi connectivity index (χ1v) is 8.72. The van der Waals surface area contributed by atoms with Crippen LogP contribution in [-0.4, -0.2) is 51.2 Å². The van der Waals surface area contributed by atoms with Crippen LogP contribution in [0.3, 0.4) is 0 Å². The fourth-order valence-electron chi connectivity index (χ4n) is 3.74. The van der Waals surface area contributed by atoms with Crippen molar-refractivity contribution in [2.24, 2.45) is 0 Å². The average molecular weight is 304 g/mol. The minimum Gasteiger partial charge on any atom is -0.340 e. The molecule has 0 N–H and O–H groups in total. The van der Waals surface area contributed by atoms with Crippen molar-refractivity contribution in [3.63, 3.8) is 0 Å². The molecule has 2 aliphatic heterocycles. The van der Waals surface area contributed by atoms with Gasteiger partial charge in [0.05, 0.1) is 5.69 Å². The number of rotatable bonds is 5. The van der Waals surface area contributed by atoms with E-state index in [0.717, 1.165) is 70.5 Å². The summed E-state index contributed by atoms with van der Waals surface area (Å²) in [5.74, 6) is 0.370. The Balaban J connectivity index is 1.52. The maximum absolute atomic E-state index is 11.9. The molecule has 1 aromatic rings. The third-order valence-electron chi connectivity index (χ3n) is 5.00. The zero-order valence-corrected chi connectivity index (χ0v) is 13.9. The van der Waals surface area contributed by atoms with Gasteiger partial charge in [-0.15, -0.1) is 0 Å². The van der Waals surface area contributed by atoms with E-state index in [0.29, 0.717) is 11.9 Å². The Morgan fingerprint density at radius 2 is 2.05 bits per heavy atom. The van der Waals surface area contributed by atoms with Crippen LogP contribution in [0.5, 0.6) is 0 Å². The second-order valence-corrected chi connectivity index (χ2v) is 6.70. The van der Waals surface area contributed by atoms with E-state index in [1.54, 1.807) is 0 Å². The summed E-state index contributed by atoms with van der Waals surface area (Å²) in [5.41, 5.74) is 2.51. The van der Waals surface area contributed by atoms with Crippen LogP contribution < -0.4 is 0 Å². The number of aryl methyl sites for hydroxylation is 2. The van der Waals surface area contributed by atoms with E-state index >= 15 is 0 Å². The fourth-order valence-corrected chi connectivity index (χ4v) is 3.74. The van der Waals surface area contributed by atoms with Crippen LogP contribution in [0.1, 0.15) is 50.3 Å². The predicted molar refractivity (Wildman–Crippen MR) is 86.5 cm³/mol. The van der Waals surface area contributed by atoms with E-state index in [4.69, 9.17) is 0 Å². The lowest BCUT2D eigenvalue weighted by Crippen LogP contribution is -2.45. The van der Waals surface area contributed by atoms with Gasteiger partial charge in [-0.25, -0.2) is 0 Å². The van der Waals surface area contributed by atoms with Gasteiger partial charge in [0.1, 0.15) is 0 Å². The number of hydrogen-bond donors (Lipinski definition) is 0. The third kappa shape index (κ3) is 3.35. The van der Waals surface area contributed by atoms with Gasteiger partial charge in [-0.2, -0.15) is 5.10 Å². The summed E-state index contributed by atoms with van der Waals surface area (Å²) in [6, 6.07) is 0.482. The Morgan fingerprint density at radius 3 is 2.68 bits per heavy atom. The number of piperidine rings is 1. The van der Waals surface area contributed by atoms with Gasteiger partial charge < -0.3 is 4.90 Å². The predicted octanol–water partition coefficient (Wildman–Crippen LogP) is 2.19. The van der Waals surface area contributed by atoms with Crippen LogP contribution in [0, 0.1) is 6.92 Å². The van der Waals surface area contributed by atoms with Crippen molar-refractivity contribution in [3.8, 4) is 0 Å². The molecule has 0 aromatic carbocycles. The monoisotopic (exact) mass is 304 g/mol. The van der Waals surface area contributed by atoms with Gasteiger partial charge in [0.2, 0.25) is 5.91 Å². The summed E-state index contributed by atoms with van der Waals surface area (Å²) in [7, 11) is 0. The van der Waals surface area contributed by atoms with Crippen molar-refractivity contribution in [2.45, 2.75) is 65.1 Å². The van der Waals surface area contributed by atoms with E-state index in [1.165, 1.54) is 5.56 Å². The summed E-state index contributed by atoms with van der Waals surface area (Å²) >= 11 is 0. The number of carbonyl (C=O) groups excluding carboxylic acids is 1. The maximum Gasteiger partial charge on any atom is 0.222 e. The highest BCUT2D eigenvalue weighted by molar-refractivity contribution is 5.78. The number of aromatic nitrogens is 2. The topological polar surface area (TPSA) is 41.4 Å². The first-order chi connectivity index (χ1) is 10.7. The highest BCUT2D eigenvalue weighted by Crippen LogP contribution is 2.23. The molecule has 0 radical (unpaired) electrons. The smallest absolute Gasteiger partial charge is 0.222 e. The van der Waals surface area contributed by atoms with Gasteiger partial charge >= 0.3 is 0 Å². The second kappa shape index (κ2) is 6.82. The molecule has 0 atom stereocenters. The zero-order valence-electron chi connectivity index (χ0n) is 13.9. The minimum atomic E-state index is 0.370. The normalized spacial score (nSPS) is 21.0. The molecule has 3 heterocycles. The molecule has 122 valence electrons. The first-order valence-electron chi connectivity index (χ1n) is 8.72. The first kappa shape index (κ1) is 15.5. The molecule has 5 heteroatoms. The SMILES string of the molecule is CCCn1cc(CN2CCC(N3CCCC3=O)CC2)c(C)n1. The van der Waals surface area contributed by atoms with Crippen molar-refractivity contribution >= 4 is 5.91 Å². The Kier molecular flexibility index (Phi) is 4.81. The van der Waals surface area contributed by atoms with Gasteiger partial charge in [-0.05, 0) is 32.6 Å². The van der Waals surface area contributed by atoms with Gasteiger partial charge in [0, 0.05) is 56.9 Å². The molecule has 1 aromatic heterocycles. The molecule has 2 aliphatic rings. The number of carbonyl (C=O) groups is 1. The lowest BCUT2D eigenvalue weighted by atomic mass is 10.0. The van der Waals surface area contributed by atoms with Gasteiger partial charge in [-0.3, -0.25) is 14.4 Å².